The van der Waals surface area contributed by atoms with Crippen molar-refractivity contribution in [2.75, 3.05) is 0 Å². The van der Waals surface area contributed by atoms with Crippen LogP contribution in [0.4, 0.5) is 0 Å². The number of thioether (sulfide) groups is 1. The van der Waals surface area contributed by atoms with E-state index in [4.69, 9.17) is 29.9 Å². The van der Waals surface area contributed by atoms with Gasteiger partial charge in [-0.05, 0) is 36.8 Å². The first-order chi connectivity index (χ1) is 19.7. The number of hydrogen-bond acceptors (Lipinski definition) is 8. The molecule has 0 N–H and O–H groups in total. The lowest BCUT2D eigenvalue weighted by Gasteiger charge is -2.26. The first-order valence-corrected chi connectivity index (χ1v) is 14.6. The van der Waals surface area contributed by atoms with Crippen molar-refractivity contribution < 1.29 is 4.74 Å². The van der Waals surface area contributed by atoms with Gasteiger partial charge in [0.2, 0.25) is 11.8 Å². The van der Waals surface area contributed by atoms with Crippen molar-refractivity contribution in [2.24, 2.45) is 0 Å². The molecule has 1 atom stereocenters. The van der Waals surface area contributed by atoms with Gasteiger partial charge < -0.3 is 4.74 Å². The molecule has 0 saturated carbocycles. The molecule has 1 aliphatic heterocycles. The fourth-order valence-electron chi connectivity index (χ4n) is 5.25. The number of rotatable bonds is 5. The summed E-state index contributed by atoms with van der Waals surface area (Å²) in [5.74, 6) is 2.34. The first kappa shape index (κ1) is 23.4. The second kappa shape index (κ2) is 9.29. The molecular weight excluding hydrogens is 539 g/mol. The molecule has 0 aliphatic carbocycles. The predicted octanol–water partition coefficient (Wildman–Crippen LogP) is 6.81. The normalized spacial score (nSPS) is 14.3. The van der Waals surface area contributed by atoms with Crippen LogP contribution in [0.25, 0.3) is 21.6 Å². The predicted molar refractivity (Wildman–Crippen MR) is 156 cm³/mol. The van der Waals surface area contributed by atoms with Crippen LogP contribution in [0.2, 0.25) is 0 Å². The van der Waals surface area contributed by atoms with E-state index >= 15 is 0 Å². The van der Waals surface area contributed by atoms with Gasteiger partial charge in [0, 0.05) is 0 Å². The second-order valence-electron chi connectivity index (χ2n) is 9.49. The number of nitrogens with zero attached hydrogens (tertiary/aromatic N) is 7. The van der Waals surface area contributed by atoms with E-state index in [1.165, 1.54) is 4.70 Å². The summed E-state index contributed by atoms with van der Waals surface area (Å²) in [5, 5.41) is 9.67. The van der Waals surface area contributed by atoms with E-state index in [-0.39, 0.29) is 5.92 Å². The van der Waals surface area contributed by atoms with Crippen molar-refractivity contribution in [1.82, 2.24) is 34.3 Å². The van der Waals surface area contributed by atoms with Crippen molar-refractivity contribution in [3.05, 3.63) is 119 Å². The minimum absolute atomic E-state index is 0.164. The van der Waals surface area contributed by atoms with E-state index in [1.54, 1.807) is 33.9 Å². The molecule has 4 aromatic heterocycles. The lowest BCUT2D eigenvalue weighted by molar-refractivity contribution is 0.402. The highest BCUT2D eigenvalue weighted by molar-refractivity contribution is 8.00. The zero-order valence-electron chi connectivity index (χ0n) is 21.3. The van der Waals surface area contributed by atoms with E-state index in [0.717, 1.165) is 43.6 Å². The fourth-order valence-corrected chi connectivity index (χ4v) is 7.16. The maximum Gasteiger partial charge on any atom is 0.230 e. The summed E-state index contributed by atoms with van der Waals surface area (Å²) in [6, 6.07) is 28.6. The molecule has 8 nitrogen and oxygen atoms in total. The monoisotopic (exact) mass is 559 g/mol. The molecule has 0 spiro atoms. The largest absolute Gasteiger partial charge is 0.420 e. The summed E-state index contributed by atoms with van der Waals surface area (Å²) >= 11 is 3.33. The Morgan fingerprint density at radius 3 is 2.48 bits per heavy atom. The van der Waals surface area contributed by atoms with Gasteiger partial charge in [-0.3, -0.25) is 0 Å². The third kappa shape index (κ3) is 3.79. The highest BCUT2D eigenvalue weighted by Crippen LogP contribution is 2.49. The minimum Gasteiger partial charge on any atom is -0.420 e. The smallest absolute Gasteiger partial charge is 0.230 e. The Bertz CT molecular complexity index is 1980. The molecule has 0 unspecified atom stereocenters. The Labute approximate surface area is 237 Å². The highest BCUT2D eigenvalue weighted by atomic mass is 32.2. The van der Waals surface area contributed by atoms with Gasteiger partial charge in [0.1, 0.15) is 6.33 Å². The molecule has 194 valence electrons. The molecule has 0 saturated heterocycles. The number of ether oxygens (including phenoxy) is 1. The van der Waals surface area contributed by atoms with Crippen molar-refractivity contribution in [3.8, 4) is 17.4 Å². The van der Waals surface area contributed by atoms with Crippen molar-refractivity contribution in [2.45, 2.75) is 22.9 Å². The zero-order chi connectivity index (χ0) is 26.6. The van der Waals surface area contributed by atoms with Gasteiger partial charge >= 0.3 is 0 Å². The Morgan fingerprint density at radius 1 is 0.875 bits per heavy atom. The van der Waals surface area contributed by atoms with Gasteiger partial charge in [0.25, 0.3) is 0 Å². The molecule has 1 aliphatic rings. The quantitative estimate of drug-likeness (QED) is 0.214. The van der Waals surface area contributed by atoms with E-state index in [0.29, 0.717) is 23.3 Å². The van der Waals surface area contributed by atoms with Gasteiger partial charge in [0.15, 0.2) is 15.8 Å². The molecule has 40 heavy (non-hydrogen) atoms. The molecule has 7 aromatic rings. The van der Waals surface area contributed by atoms with Gasteiger partial charge in [0.05, 0.1) is 44.4 Å². The third-order valence-corrected chi connectivity index (χ3v) is 9.17. The Hall–Kier alpha value is -4.54. The number of aryl methyl sites for hydroxylation is 1. The van der Waals surface area contributed by atoms with Gasteiger partial charge in [-0.2, -0.15) is 5.10 Å². The Kier molecular flexibility index (Phi) is 5.42. The molecule has 0 fully saturated rings. The summed E-state index contributed by atoms with van der Waals surface area (Å²) in [7, 11) is 0. The van der Waals surface area contributed by atoms with E-state index in [2.05, 4.69) is 30.3 Å². The first-order valence-electron chi connectivity index (χ1n) is 12.8. The molecule has 0 bridgehead atoms. The van der Waals surface area contributed by atoms with Gasteiger partial charge in [-0.15, -0.1) is 16.4 Å². The van der Waals surface area contributed by atoms with Crippen molar-refractivity contribution >= 4 is 39.0 Å². The summed E-state index contributed by atoms with van der Waals surface area (Å²) in [4.78, 5) is 14.4. The molecule has 0 radical (unpaired) electrons. The van der Waals surface area contributed by atoms with Gasteiger partial charge in [-0.1, -0.05) is 72.4 Å². The number of para-hydroxylation sites is 2. The van der Waals surface area contributed by atoms with Crippen LogP contribution >= 0.6 is 23.1 Å². The highest BCUT2D eigenvalue weighted by Gasteiger charge is 2.38. The lowest BCUT2D eigenvalue weighted by atomic mass is 9.84. The SMILES string of the molecule is Cc1nn(-c2ccccc2)c2c1[C@H](c1ccccc1)c1c(ncn3nc(CSc4nc5ccccc5s4)nc13)O2. The van der Waals surface area contributed by atoms with E-state index in [1.807, 2.05) is 66.2 Å². The maximum atomic E-state index is 6.51. The fraction of sp³-hybridized carbons (Fsp3) is 0.100. The van der Waals surface area contributed by atoms with Gasteiger partial charge in [-0.25, -0.2) is 24.1 Å². The molecule has 8 rings (SSSR count). The number of aromatic nitrogens is 7. The molecule has 3 aromatic carbocycles. The summed E-state index contributed by atoms with van der Waals surface area (Å²) in [6.07, 6.45) is 1.68. The molecule has 10 heteroatoms. The van der Waals surface area contributed by atoms with Crippen LogP contribution in [0.5, 0.6) is 11.8 Å². The lowest BCUT2D eigenvalue weighted by Crippen LogP contribution is -2.16. The van der Waals surface area contributed by atoms with Crippen LogP contribution in [0.15, 0.2) is 95.6 Å². The molecule has 5 heterocycles. The number of benzene rings is 3. The summed E-state index contributed by atoms with van der Waals surface area (Å²) in [5.41, 5.74) is 6.59. The molecular formula is C30H21N7OS2. The van der Waals surface area contributed by atoms with Crippen molar-refractivity contribution in [1.29, 1.82) is 0 Å². The Balaban J connectivity index is 1.24. The standard InChI is InChI=1S/C30H21N7OS2/c1-18-24-25(19-10-4-2-5-11-19)26-27-33-23(16-39-30-32-21-14-8-9-15-22(21)40-30)35-36(27)17-31-28(26)38-29(24)37(34-18)20-12-6-3-7-13-20/h2-15,17,25H,16H2,1H3/t25-/m0/s1. The molecule has 0 amide bonds. The van der Waals surface area contributed by atoms with Crippen LogP contribution in [0, 0.1) is 6.92 Å². The Morgan fingerprint density at radius 2 is 1.65 bits per heavy atom. The number of thiazole rings is 1. The van der Waals surface area contributed by atoms with E-state index in [9.17, 15) is 0 Å². The summed E-state index contributed by atoms with van der Waals surface area (Å²) < 4.78 is 12.3. The third-order valence-electron chi connectivity index (χ3n) is 7.00. The topological polar surface area (TPSA) is 83.0 Å². The summed E-state index contributed by atoms with van der Waals surface area (Å²) in [6.45, 7) is 2.03. The number of hydrogen-bond donors (Lipinski definition) is 0. The number of fused-ring (bicyclic) bond motifs is 5. The zero-order valence-corrected chi connectivity index (χ0v) is 22.9. The minimum atomic E-state index is -0.164. The average molecular weight is 560 g/mol. The second-order valence-corrected chi connectivity index (χ2v) is 11.7. The van der Waals surface area contributed by atoms with Crippen LogP contribution in [0.3, 0.4) is 0 Å². The van der Waals surface area contributed by atoms with Crippen LogP contribution in [-0.2, 0) is 5.75 Å². The van der Waals surface area contributed by atoms with E-state index < -0.39 is 0 Å². The average Bonchev–Trinajstić information content (AvgIpc) is 3.70. The van der Waals surface area contributed by atoms with Crippen LogP contribution < -0.4 is 4.74 Å². The van der Waals surface area contributed by atoms with Crippen LogP contribution in [-0.4, -0.2) is 34.3 Å². The van der Waals surface area contributed by atoms with Crippen molar-refractivity contribution in [3.63, 3.8) is 0 Å². The maximum absolute atomic E-state index is 6.51. The van der Waals surface area contributed by atoms with Crippen LogP contribution in [0.1, 0.15) is 34.1 Å².